The summed E-state index contributed by atoms with van der Waals surface area (Å²) in [6, 6.07) is -0.700. The van der Waals surface area contributed by atoms with Crippen LogP contribution in [-0.4, -0.2) is 24.2 Å². The number of hydrogen-bond donors (Lipinski definition) is 2. The first-order valence-corrected chi connectivity index (χ1v) is 3.52. The Bertz CT molecular complexity index is 140. The first-order valence-electron chi connectivity index (χ1n) is 3.52. The van der Waals surface area contributed by atoms with Gasteiger partial charge in [0.15, 0.2) is 0 Å². The fourth-order valence-corrected chi connectivity index (χ4v) is 0.422. The highest BCUT2D eigenvalue weighted by molar-refractivity contribution is 5.79. The van der Waals surface area contributed by atoms with E-state index in [9.17, 15) is 4.79 Å². The van der Waals surface area contributed by atoms with Gasteiger partial charge in [0.05, 0.1) is 12.2 Å². The average Bonchev–Trinajstić information content (AvgIpc) is 1.80. The van der Waals surface area contributed by atoms with E-state index in [-0.39, 0.29) is 12.2 Å². The van der Waals surface area contributed by atoms with Gasteiger partial charge in [-0.1, -0.05) is 0 Å². The van der Waals surface area contributed by atoms with Gasteiger partial charge < -0.3 is 16.2 Å². The standard InChI is InChI=1S/C7H16N2O2/c1-7(2,3)11-4-5(8)6(9)10/h5H,4,8H2,1-3H3,(H2,9,10)/t5-/m1/s1. The number of primary amides is 1. The van der Waals surface area contributed by atoms with Crippen LogP contribution in [0.1, 0.15) is 20.8 Å². The Balaban J connectivity index is 3.63. The summed E-state index contributed by atoms with van der Waals surface area (Å²) in [4.78, 5) is 10.4. The molecule has 0 aromatic carbocycles. The molecule has 0 aliphatic rings. The molecule has 0 heterocycles. The zero-order chi connectivity index (χ0) is 9.07. The van der Waals surface area contributed by atoms with E-state index in [0.717, 1.165) is 0 Å². The van der Waals surface area contributed by atoms with Crippen molar-refractivity contribution in [1.82, 2.24) is 0 Å². The number of amides is 1. The Labute approximate surface area is 66.9 Å². The van der Waals surface area contributed by atoms with Crippen LogP contribution in [0.2, 0.25) is 0 Å². The molecule has 0 radical (unpaired) electrons. The topological polar surface area (TPSA) is 78.3 Å². The second kappa shape index (κ2) is 3.69. The largest absolute Gasteiger partial charge is 0.374 e. The molecule has 4 N–H and O–H groups in total. The number of hydrogen-bond acceptors (Lipinski definition) is 3. The van der Waals surface area contributed by atoms with Crippen LogP contribution >= 0.6 is 0 Å². The Kier molecular flexibility index (Phi) is 3.48. The Morgan fingerprint density at radius 3 is 2.27 bits per heavy atom. The van der Waals surface area contributed by atoms with Crippen molar-refractivity contribution in [2.24, 2.45) is 11.5 Å². The molecule has 0 saturated carbocycles. The van der Waals surface area contributed by atoms with E-state index >= 15 is 0 Å². The molecule has 1 atom stereocenters. The molecule has 0 rings (SSSR count). The fraction of sp³-hybridized carbons (Fsp3) is 0.857. The van der Waals surface area contributed by atoms with Crippen molar-refractivity contribution in [3.8, 4) is 0 Å². The van der Waals surface area contributed by atoms with E-state index < -0.39 is 11.9 Å². The summed E-state index contributed by atoms with van der Waals surface area (Å²) in [5, 5.41) is 0. The maximum Gasteiger partial charge on any atom is 0.236 e. The van der Waals surface area contributed by atoms with Crippen molar-refractivity contribution >= 4 is 5.91 Å². The minimum absolute atomic E-state index is 0.179. The first kappa shape index (κ1) is 10.4. The molecule has 1 amide bonds. The van der Waals surface area contributed by atoms with Crippen molar-refractivity contribution < 1.29 is 9.53 Å². The van der Waals surface area contributed by atoms with E-state index in [4.69, 9.17) is 16.2 Å². The van der Waals surface area contributed by atoms with E-state index in [1.807, 2.05) is 20.8 Å². The smallest absolute Gasteiger partial charge is 0.236 e. The zero-order valence-corrected chi connectivity index (χ0v) is 7.26. The summed E-state index contributed by atoms with van der Waals surface area (Å²) >= 11 is 0. The second-order valence-electron chi connectivity index (χ2n) is 3.43. The Morgan fingerprint density at radius 2 is 2.00 bits per heavy atom. The molecular formula is C7H16N2O2. The third kappa shape index (κ3) is 5.82. The average molecular weight is 160 g/mol. The fourth-order valence-electron chi connectivity index (χ4n) is 0.422. The number of ether oxygens (including phenoxy) is 1. The van der Waals surface area contributed by atoms with Crippen LogP contribution < -0.4 is 11.5 Å². The predicted octanol–water partition coefficient (Wildman–Crippen LogP) is -0.386. The molecule has 0 bridgehead atoms. The molecule has 66 valence electrons. The van der Waals surface area contributed by atoms with Crippen LogP contribution in [-0.2, 0) is 9.53 Å². The predicted molar refractivity (Wildman–Crippen MR) is 42.9 cm³/mol. The third-order valence-electron chi connectivity index (χ3n) is 1.06. The summed E-state index contributed by atoms with van der Waals surface area (Å²) in [5.41, 5.74) is 9.97. The van der Waals surface area contributed by atoms with Crippen LogP contribution in [0.25, 0.3) is 0 Å². The van der Waals surface area contributed by atoms with Gasteiger partial charge in [-0.3, -0.25) is 4.79 Å². The molecule has 0 spiro atoms. The van der Waals surface area contributed by atoms with Gasteiger partial charge in [0.1, 0.15) is 6.04 Å². The van der Waals surface area contributed by atoms with Gasteiger partial charge in [-0.15, -0.1) is 0 Å². The highest BCUT2D eigenvalue weighted by Crippen LogP contribution is 2.06. The Morgan fingerprint density at radius 1 is 1.55 bits per heavy atom. The SMILES string of the molecule is CC(C)(C)OC[C@@H](N)C(N)=O. The maximum atomic E-state index is 10.4. The van der Waals surface area contributed by atoms with Crippen molar-refractivity contribution in [2.45, 2.75) is 32.4 Å². The molecule has 0 aromatic heterocycles. The van der Waals surface area contributed by atoms with E-state index in [1.165, 1.54) is 0 Å². The molecule has 0 aliphatic heterocycles. The maximum absolute atomic E-state index is 10.4. The van der Waals surface area contributed by atoms with E-state index in [1.54, 1.807) is 0 Å². The lowest BCUT2D eigenvalue weighted by Crippen LogP contribution is -2.42. The molecule has 11 heavy (non-hydrogen) atoms. The first-order chi connectivity index (χ1) is 4.83. The van der Waals surface area contributed by atoms with Crippen molar-refractivity contribution in [3.05, 3.63) is 0 Å². The van der Waals surface area contributed by atoms with Crippen molar-refractivity contribution in [3.63, 3.8) is 0 Å². The molecule has 0 unspecified atom stereocenters. The minimum Gasteiger partial charge on any atom is -0.374 e. The highest BCUT2D eigenvalue weighted by atomic mass is 16.5. The molecular weight excluding hydrogens is 144 g/mol. The lowest BCUT2D eigenvalue weighted by atomic mass is 10.2. The van der Waals surface area contributed by atoms with Crippen LogP contribution in [0.15, 0.2) is 0 Å². The molecule has 4 nitrogen and oxygen atoms in total. The second-order valence-corrected chi connectivity index (χ2v) is 3.43. The number of carbonyl (C=O) groups excluding carboxylic acids is 1. The van der Waals surface area contributed by atoms with Crippen LogP contribution in [0.3, 0.4) is 0 Å². The summed E-state index contributed by atoms with van der Waals surface area (Å²) < 4.78 is 5.23. The monoisotopic (exact) mass is 160 g/mol. The molecule has 0 saturated heterocycles. The van der Waals surface area contributed by atoms with Gasteiger partial charge in [0.25, 0.3) is 0 Å². The molecule has 0 aliphatic carbocycles. The van der Waals surface area contributed by atoms with Crippen LogP contribution in [0, 0.1) is 0 Å². The van der Waals surface area contributed by atoms with Crippen LogP contribution in [0.5, 0.6) is 0 Å². The quantitative estimate of drug-likeness (QED) is 0.590. The minimum atomic E-state index is -0.700. The molecule has 0 fully saturated rings. The van der Waals surface area contributed by atoms with Crippen LogP contribution in [0.4, 0.5) is 0 Å². The third-order valence-corrected chi connectivity index (χ3v) is 1.06. The normalized spacial score (nSPS) is 14.5. The zero-order valence-electron chi connectivity index (χ0n) is 7.26. The number of rotatable bonds is 3. The van der Waals surface area contributed by atoms with E-state index in [2.05, 4.69) is 0 Å². The van der Waals surface area contributed by atoms with Crippen molar-refractivity contribution in [1.29, 1.82) is 0 Å². The van der Waals surface area contributed by atoms with Crippen molar-refractivity contribution in [2.75, 3.05) is 6.61 Å². The van der Waals surface area contributed by atoms with E-state index in [0.29, 0.717) is 0 Å². The molecule has 0 aromatic rings. The van der Waals surface area contributed by atoms with Gasteiger partial charge in [-0.05, 0) is 20.8 Å². The number of carbonyl (C=O) groups is 1. The lowest BCUT2D eigenvalue weighted by Gasteiger charge is -2.20. The lowest BCUT2D eigenvalue weighted by molar-refractivity contribution is -0.121. The summed E-state index contributed by atoms with van der Waals surface area (Å²) in [5.74, 6) is -0.533. The summed E-state index contributed by atoms with van der Waals surface area (Å²) in [7, 11) is 0. The summed E-state index contributed by atoms with van der Waals surface area (Å²) in [6.45, 7) is 5.85. The highest BCUT2D eigenvalue weighted by Gasteiger charge is 2.15. The Hall–Kier alpha value is -0.610. The summed E-state index contributed by atoms with van der Waals surface area (Å²) in [6.07, 6.45) is 0. The molecule has 4 heteroatoms. The van der Waals surface area contributed by atoms with Gasteiger partial charge in [-0.2, -0.15) is 0 Å². The van der Waals surface area contributed by atoms with Gasteiger partial charge in [-0.25, -0.2) is 0 Å². The van der Waals surface area contributed by atoms with Gasteiger partial charge in [0.2, 0.25) is 5.91 Å². The van der Waals surface area contributed by atoms with Gasteiger partial charge >= 0.3 is 0 Å². The number of nitrogens with two attached hydrogens (primary N) is 2. The van der Waals surface area contributed by atoms with Gasteiger partial charge in [0, 0.05) is 0 Å².